The maximum atomic E-state index is 10.0. The fourth-order valence-electron chi connectivity index (χ4n) is 0.276. The van der Waals surface area contributed by atoms with Crippen LogP contribution in [0.4, 0.5) is 0 Å². The molecule has 0 amide bonds. The summed E-state index contributed by atoms with van der Waals surface area (Å²) in [6.07, 6.45) is 0.185. The van der Waals surface area contributed by atoms with Gasteiger partial charge in [0.1, 0.15) is 0 Å². The summed E-state index contributed by atoms with van der Waals surface area (Å²) in [4.78, 5) is 0. The first kappa shape index (κ1) is 9.31. The van der Waals surface area contributed by atoms with Crippen molar-refractivity contribution in [2.75, 3.05) is 0 Å². The van der Waals surface area contributed by atoms with Crippen LogP contribution in [-0.2, 0) is 9.31 Å². The van der Waals surface area contributed by atoms with Gasteiger partial charge >= 0.3 is 58.1 Å². The van der Waals surface area contributed by atoms with Crippen LogP contribution in [0.15, 0.2) is 0 Å². The summed E-state index contributed by atoms with van der Waals surface area (Å²) in [5.74, 6) is 0. The zero-order valence-corrected chi connectivity index (χ0v) is 7.70. The van der Waals surface area contributed by atoms with E-state index >= 15 is 0 Å². The Hall–Kier alpha value is 0.310. The van der Waals surface area contributed by atoms with Gasteiger partial charge in [0, 0.05) is 0 Å². The molecule has 0 fully saturated rings. The Kier molecular flexibility index (Phi) is 3.59. The van der Waals surface area contributed by atoms with Crippen LogP contribution in [0.1, 0.15) is 20.3 Å². The molecule has 0 aromatic rings. The summed E-state index contributed by atoms with van der Waals surface area (Å²) in [6, 6.07) is 0. The topological polar surface area (TPSA) is 63.6 Å². The van der Waals surface area contributed by atoms with Gasteiger partial charge in [-0.25, -0.2) is 0 Å². The van der Waals surface area contributed by atoms with E-state index in [0.717, 1.165) is 0 Å². The first-order chi connectivity index (χ1) is 3.95. The average molecular weight is 250 g/mol. The van der Waals surface area contributed by atoms with Crippen molar-refractivity contribution in [3.63, 3.8) is 0 Å². The molecular formula is C4H10O4Te. The molecule has 0 saturated carbocycles. The molecule has 0 rings (SSSR count). The summed E-state index contributed by atoms with van der Waals surface area (Å²) in [5, 5.41) is 0. The van der Waals surface area contributed by atoms with Crippen LogP contribution in [0.25, 0.3) is 0 Å². The average Bonchev–Trinajstić information content (AvgIpc) is 1.62. The number of rotatable bonds is 3. The monoisotopic (exact) mass is 252 g/mol. The van der Waals surface area contributed by atoms with Gasteiger partial charge in [-0.2, -0.15) is 0 Å². The molecule has 9 heavy (non-hydrogen) atoms. The summed E-state index contributed by atoms with van der Waals surface area (Å²) in [7, 11) is 0. The quantitative estimate of drug-likeness (QED) is 0.720. The fraction of sp³-hybridized carbons (Fsp3) is 1.00. The van der Waals surface area contributed by atoms with Gasteiger partial charge < -0.3 is 0 Å². The van der Waals surface area contributed by atoms with Crippen molar-refractivity contribution >= 4 is 19.0 Å². The third-order valence-corrected chi connectivity index (χ3v) is 2.49. The predicted molar refractivity (Wildman–Crippen MR) is 30.2 cm³/mol. The molecule has 0 aliphatic rings. The van der Waals surface area contributed by atoms with Crippen LogP contribution in [0.5, 0.6) is 0 Å². The molecule has 4 nitrogen and oxygen atoms in total. The van der Waals surface area contributed by atoms with E-state index in [1.807, 2.05) is 0 Å². The number of hydrogen-bond acceptors (Lipinski definition) is 3. The molecule has 5 heteroatoms. The van der Waals surface area contributed by atoms with E-state index in [1.165, 1.54) is 0 Å². The summed E-state index contributed by atoms with van der Waals surface area (Å²) in [6.45, 7) is 3.37. The van der Waals surface area contributed by atoms with Gasteiger partial charge in [0.25, 0.3) is 0 Å². The van der Waals surface area contributed by atoms with E-state index < -0.39 is 25.1 Å². The van der Waals surface area contributed by atoms with Gasteiger partial charge in [-0.3, -0.25) is 0 Å². The van der Waals surface area contributed by atoms with Gasteiger partial charge in [0.05, 0.1) is 0 Å². The Morgan fingerprint density at radius 1 is 1.67 bits per heavy atom. The first-order valence-corrected chi connectivity index (χ1v) is 6.51. The predicted octanol–water partition coefficient (Wildman–Crippen LogP) is 0.0904. The van der Waals surface area contributed by atoms with Crippen LogP contribution in [0.3, 0.4) is 0 Å². The van der Waals surface area contributed by atoms with Crippen molar-refractivity contribution in [1.82, 2.24) is 0 Å². The van der Waals surface area contributed by atoms with Crippen LogP contribution in [-0.4, -0.2) is 28.5 Å². The standard InChI is InChI=1S/C4H10O4Te/c1-3-4(2)8-9(5,6)7/h4H,3H2,1-2H3,(H,5,6,7). The second-order valence-corrected chi connectivity index (χ2v) is 4.73. The van der Waals surface area contributed by atoms with E-state index in [0.29, 0.717) is 6.42 Å². The molecule has 0 aliphatic carbocycles. The minimum absolute atomic E-state index is 0.397. The fourth-order valence-corrected chi connectivity index (χ4v) is 1.85. The Bertz CT molecular complexity index is 159. The first-order valence-electron chi connectivity index (χ1n) is 2.61. The van der Waals surface area contributed by atoms with Gasteiger partial charge in [-0.05, 0) is 0 Å². The Labute approximate surface area is 58.5 Å². The van der Waals surface area contributed by atoms with Crippen LogP contribution in [0, 0.1) is 0 Å². The number of hydrogen-bond donors (Lipinski definition) is 1. The molecule has 1 atom stereocenters. The normalized spacial score (nSPS) is 15.4. The molecule has 0 heterocycles. The van der Waals surface area contributed by atoms with Crippen molar-refractivity contribution in [1.29, 1.82) is 0 Å². The van der Waals surface area contributed by atoms with Crippen LogP contribution >= 0.6 is 0 Å². The van der Waals surface area contributed by atoms with Crippen molar-refractivity contribution in [3.05, 3.63) is 0 Å². The molecule has 0 saturated heterocycles. The van der Waals surface area contributed by atoms with Crippen molar-refractivity contribution in [2.24, 2.45) is 0 Å². The maximum absolute atomic E-state index is 10.0. The van der Waals surface area contributed by atoms with Crippen LogP contribution in [0.2, 0.25) is 0 Å². The second kappa shape index (κ2) is 3.47. The molecule has 1 N–H and O–H groups in total. The van der Waals surface area contributed by atoms with Gasteiger partial charge in [-0.1, -0.05) is 0 Å². The molecular weight excluding hydrogens is 240 g/mol. The van der Waals surface area contributed by atoms with E-state index in [9.17, 15) is 6.21 Å². The Morgan fingerprint density at radius 3 is 2.22 bits per heavy atom. The minimum atomic E-state index is -5.21. The van der Waals surface area contributed by atoms with E-state index in [4.69, 9.17) is 3.47 Å². The molecule has 56 valence electrons. The van der Waals surface area contributed by atoms with Gasteiger partial charge in [0.15, 0.2) is 0 Å². The van der Waals surface area contributed by atoms with E-state index in [2.05, 4.69) is 3.10 Å². The molecule has 0 aromatic carbocycles. The summed E-state index contributed by atoms with van der Waals surface area (Å²) in [5.41, 5.74) is 0. The Balaban J connectivity index is 3.75. The summed E-state index contributed by atoms with van der Waals surface area (Å²) >= 11 is -5.21. The van der Waals surface area contributed by atoms with E-state index in [-0.39, 0.29) is 0 Å². The molecule has 0 bridgehead atoms. The van der Waals surface area contributed by atoms with Crippen LogP contribution < -0.4 is 0 Å². The molecule has 0 aliphatic heterocycles. The van der Waals surface area contributed by atoms with Crippen molar-refractivity contribution in [3.8, 4) is 0 Å². The third-order valence-electron chi connectivity index (χ3n) is 0.861. The molecule has 0 radical (unpaired) electrons. The molecule has 0 aromatic heterocycles. The SMILES string of the molecule is CCC(C)O[Te](=O)(=O)O. The third kappa shape index (κ3) is 6.19. The van der Waals surface area contributed by atoms with Crippen molar-refractivity contribution < 1.29 is 12.8 Å². The molecule has 0 spiro atoms. The second-order valence-electron chi connectivity index (χ2n) is 1.74. The summed E-state index contributed by atoms with van der Waals surface area (Å²) < 4.78 is 32.5. The zero-order chi connectivity index (χ0) is 7.49. The molecule has 1 unspecified atom stereocenters. The Morgan fingerprint density at radius 2 is 2.11 bits per heavy atom. The van der Waals surface area contributed by atoms with Crippen molar-refractivity contribution in [2.45, 2.75) is 26.4 Å². The zero-order valence-electron chi connectivity index (χ0n) is 5.36. The van der Waals surface area contributed by atoms with Gasteiger partial charge in [0.2, 0.25) is 0 Å². The van der Waals surface area contributed by atoms with E-state index in [1.54, 1.807) is 13.8 Å². The van der Waals surface area contributed by atoms with Gasteiger partial charge in [-0.15, -0.1) is 0 Å².